The van der Waals surface area contributed by atoms with E-state index in [4.69, 9.17) is 9.47 Å². The minimum absolute atomic E-state index is 0.166. The van der Waals surface area contributed by atoms with Gasteiger partial charge in [-0.25, -0.2) is 14.6 Å². The van der Waals surface area contributed by atoms with Crippen LogP contribution in [0.15, 0.2) is 24.3 Å². The maximum absolute atomic E-state index is 13.0. The Hall–Kier alpha value is -3.62. The van der Waals surface area contributed by atoms with Gasteiger partial charge in [-0.3, -0.25) is 14.4 Å². The molecule has 0 atom stereocenters. The molecule has 1 aromatic carbocycles. The summed E-state index contributed by atoms with van der Waals surface area (Å²) in [6, 6.07) is 5.40. The van der Waals surface area contributed by atoms with Crippen molar-refractivity contribution >= 4 is 29.3 Å². The Balaban J connectivity index is 1.88. The highest BCUT2D eigenvalue weighted by molar-refractivity contribution is 6.53. The minimum Gasteiger partial charge on any atom is -0.490 e. The van der Waals surface area contributed by atoms with Gasteiger partial charge in [0, 0.05) is 29.6 Å². The van der Waals surface area contributed by atoms with Gasteiger partial charge in [-0.1, -0.05) is 0 Å². The lowest BCUT2D eigenvalue weighted by Crippen LogP contribution is -2.37. The molecule has 0 bridgehead atoms. The summed E-state index contributed by atoms with van der Waals surface area (Å²) in [5.41, 5.74) is 2.25. The van der Waals surface area contributed by atoms with E-state index in [0.717, 1.165) is 16.3 Å². The number of nitrogens with zero attached hydrogens (tertiary/aromatic N) is 3. The van der Waals surface area contributed by atoms with Crippen molar-refractivity contribution in [3.05, 3.63) is 41.2 Å². The molecule has 9 nitrogen and oxygen atoms in total. The van der Waals surface area contributed by atoms with Crippen molar-refractivity contribution < 1.29 is 28.7 Å². The number of hydrogen-bond acceptors (Lipinski definition) is 6. The molecule has 0 spiro atoms. The zero-order valence-electron chi connectivity index (χ0n) is 18.9. The summed E-state index contributed by atoms with van der Waals surface area (Å²) in [4.78, 5) is 52.5. The highest BCUT2D eigenvalue weighted by Gasteiger charge is 2.46. The zero-order chi connectivity index (χ0) is 23.6. The lowest BCUT2D eigenvalue weighted by atomic mass is 10.1. The molecule has 1 aromatic heterocycles. The average Bonchev–Trinajstić information content (AvgIpc) is 3.16. The molecule has 0 N–H and O–H groups in total. The molecule has 170 valence electrons. The summed E-state index contributed by atoms with van der Waals surface area (Å²) in [6.07, 6.45) is 0. The van der Waals surface area contributed by atoms with Crippen molar-refractivity contribution in [2.24, 2.45) is 0 Å². The number of ether oxygens (including phenoxy) is 2. The molecular weight excluding hydrogens is 414 g/mol. The number of rotatable bonds is 9. The van der Waals surface area contributed by atoms with Gasteiger partial charge in [0.05, 0.1) is 25.4 Å². The van der Waals surface area contributed by atoms with Crippen LogP contribution in [0.2, 0.25) is 0 Å². The van der Waals surface area contributed by atoms with Crippen LogP contribution in [0.5, 0.6) is 11.5 Å². The molecule has 1 fully saturated rings. The molecule has 32 heavy (non-hydrogen) atoms. The van der Waals surface area contributed by atoms with E-state index in [0.29, 0.717) is 41.7 Å². The number of aryl methyl sites for hydroxylation is 1. The van der Waals surface area contributed by atoms with Gasteiger partial charge in [0.15, 0.2) is 17.3 Å². The van der Waals surface area contributed by atoms with Gasteiger partial charge in [-0.2, -0.15) is 0 Å². The lowest BCUT2D eigenvalue weighted by Gasteiger charge is -2.17. The first-order valence-electron chi connectivity index (χ1n) is 10.5. The first kappa shape index (κ1) is 23.1. The molecule has 2 heterocycles. The molecule has 0 radical (unpaired) electrons. The maximum atomic E-state index is 13.0. The van der Waals surface area contributed by atoms with Gasteiger partial charge < -0.3 is 14.0 Å². The third kappa shape index (κ3) is 3.98. The summed E-state index contributed by atoms with van der Waals surface area (Å²) in [6.45, 7) is 10.2. The second-order valence-electron chi connectivity index (χ2n) is 7.26. The van der Waals surface area contributed by atoms with Crippen molar-refractivity contribution in [3.8, 4) is 11.5 Å². The maximum Gasteiger partial charge on any atom is 0.339 e. The molecule has 1 aliphatic heterocycles. The predicted octanol–water partition coefficient (Wildman–Crippen LogP) is 3.10. The zero-order valence-corrected chi connectivity index (χ0v) is 18.9. The van der Waals surface area contributed by atoms with E-state index in [1.54, 1.807) is 19.1 Å². The van der Waals surface area contributed by atoms with Crippen LogP contribution in [-0.4, -0.2) is 52.9 Å². The average molecular weight is 441 g/mol. The number of urea groups is 1. The van der Waals surface area contributed by atoms with E-state index >= 15 is 0 Å². The molecule has 1 saturated heterocycles. The highest BCUT2D eigenvalue weighted by atomic mass is 16.5. The van der Waals surface area contributed by atoms with Crippen LogP contribution in [0.25, 0.3) is 0 Å². The van der Waals surface area contributed by atoms with Crippen LogP contribution >= 0.6 is 0 Å². The Kier molecular flexibility index (Phi) is 6.67. The molecule has 2 aromatic rings. The number of amides is 4. The Bertz CT molecular complexity index is 1090. The number of hydrogen-bond donors (Lipinski definition) is 0. The Morgan fingerprint density at radius 2 is 1.56 bits per heavy atom. The summed E-state index contributed by atoms with van der Waals surface area (Å²) < 4.78 is 13.0. The monoisotopic (exact) mass is 441 g/mol. The number of Topliss-reactive ketones (excluding diaryl/α,β-unsaturated/α-hetero) is 1. The molecular formula is C23H27N3O6. The van der Waals surface area contributed by atoms with E-state index in [9.17, 15) is 19.2 Å². The fourth-order valence-corrected chi connectivity index (χ4v) is 3.85. The predicted molar refractivity (Wildman–Crippen MR) is 117 cm³/mol. The van der Waals surface area contributed by atoms with Gasteiger partial charge in [-0.15, -0.1) is 0 Å². The lowest BCUT2D eigenvalue weighted by molar-refractivity contribution is -0.139. The van der Waals surface area contributed by atoms with Crippen LogP contribution in [0, 0.1) is 13.8 Å². The third-order valence-electron chi connectivity index (χ3n) is 5.33. The van der Waals surface area contributed by atoms with Gasteiger partial charge in [0.2, 0.25) is 0 Å². The molecule has 4 amide bonds. The van der Waals surface area contributed by atoms with E-state index < -0.39 is 30.2 Å². The van der Waals surface area contributed by atoms with Gasteiger partial charge in [0.1, 0.15) is 0 Å². The number of imide groups is 2. The first-order valence-corrected chi connectivity index (χ1v) is 10.5. The number of carbonyl (C=O) groups excluding carboxylic acids is 4. The summed E-state index contributed by atoms with van der Waals surface area (Å²) in [7, 11) is 0. The largest absolute Gasteiger partial charge is 0.490 e. The SMILES string of the molecule is CCOc1ccc(N2C(=O)C(=O)N(CC(=O)c3cc(C)n(CC)c3C)C2=O)cc1OCC. The summed E-state index contributed by atoms with van der Waals surface area (Å²) >= 11 is 0. The molecule has 0 unspecified atom stereocenters. The van der Waals surface area contributed by atoms with E-state index in [-0.39, 0.29) is 5.69 Å². The van der Waals surface area contributed by atoms with Crippen LogP contribution in [0.1, 0.15) is 42.5 Å². The number of benzene rings is 1. The number of anilines is 1. The van der Waals surface area contributed by atoms with Crippen LogP contribution in [0.3, 0.4) is 0 Å². The molecule has 3 rings (SSSR count). The third-order valence-corrected chi connectivity index (χ3v) is 5.33. The van der Waals surface area contributed by atoms with Gasteiger partial charge in [0.25, 0.3) is 0 Å². The Morgan fingerprint density at radius 1 is 0.906 bits per heavy atom. The number of aromatic nitrogens is 1. The smallest absolute Gasteiger partial charge is 0.339 e. The highest BCUT2D eigenvalue weighted by Crippen LogP contribution is 2.34. The van der Waals surface area contributed by atoms with Crippen molar-refractivity contribution in [2.45, 2.75) is 41.2 Å². The summed E-state index contributed by atoms with van der Waals surface area (Å²) in [5.74, 6) is -1.66. The standard InChI is InChI=1S/C23H27N3O6/c1-6-24-14(4)11-17(15(24)5)18(27)13-25-21(28)22(29)26(23(25)30)16-9-10-19(31-7-2)20(12-16)32-8-3/h9-12H,6-8,13H2,1-5H3. The normalized spacial score (nSPS) is 13.8. The number of carbonyl (C=O) groups is 4. The Labute approximate surface area is 186 Å². The fraction of sp³-hybridized carbons (Fsp3) is 0.391. The van der Waals surface area contributed by atoms with Crippen molar-refractivity contribution in [1.82, 2.24) is 9.47 Å². The summed E-state index contributed by atoms with van der Waals surface area (Å²) in [5, 5.41) is 0. The molecule has 0 saturated carbocycles. The molecule has 9 heteroatoms. The molecule has 1 aliphatic rings. The van der Waals surface area contributed by atoms with Gasteiger partial charge in [-0.05, 0) is 52.8 Å². The van der Waals surface area contributed by atoms with Gasteiger partial charge >= 0.3 is 17.8 Å². The van der Waals surface area contributed by atoms with E-state index in [1.165, 1.54) is 12.1 Å². The minimum atomic E-state index is -1.04. The topological polar surface area (TPSA) is 98.1 Å². The Morgan fingerprint density at radius 3 is 2.16 bits per heavy atom. The molecule has 0 aliphatic carbocycles. The second-order valence-corrected chi connectivity index (χ2v) is 7.26. The van der Waals surface area contributed by atoms with Crippen molar-refractivity contribution in [3.63, 3.8) is 0 Å². The number of ketones is 1. The van der Waals surface area contributed by atoms with E-state index in [1.807, 2.05) is 32.3 Å². The quantitative estimate of drug-likeness (QED) is 0.337. The van der Waals surface area contributed by atoms with Crippen LogP contribution in [0.4, 0.5) is 10.5 Å². The van der Waals surface area contributed by atoms with Crippen LogP contribution < -0.4 is 14.4 Å². The van der Waals surface area contributed by atoms with Crippen LogP contribution in [-0.2, 0) is 16.1 Å². The van der Waals surface area contributed by atoms with E-state index in [2.05, 4.69) is 0 Å². The van der Waals surface area contributed by atoms with Crippen molar-refractivity contribution in [2.75, 3.05) is 24.7 Å². The second kappa shape index (κ2) is 9.25. The van der Waals surface area contributed by atoms with Crippen molar-refractivity contribution in [1.29, 1.82) is 0 Å². The fourth-order valence-electron chi connectivity index (χ4n) is 3.85. The first-order chi connectivity index (χ1) is 15.2.